The Morgan fingerprint density at radius 2 is 2.07 bits per heavy atom. The molecule has 0 saturated heterocycles. The van der Waals surface area contributed by atoms with Crippen LogP contribution in [0.4, 0.5) is 4.79 Å². The van der Waals surface area contributed by atoms with Gasteiger partial charge in [-0.05, 0) is 26.7 Å². The molecule has 0 spiro atoms. The van der Waals surface area contributed by atoms with Crippen molar-refractivity contribution in [3.63, 3.8) is 0 Å². The normalized spacial score (nSPS) is 14.9. The van der Waals surface area contributed by atoms with Gasteiger partial charge < -0.3 is 15.0 Å². The molecule has 1 rings (SSSR count). The molecular weight excluding hydrogens is 196 g/mol. The summed E-state index contributed by atoms with van der Waals surface area (Å²) in [6, 6.07) is 0.108. The third-order valence-corrected chi connectivity index (χ3v) is 2.32. The first-order valence-corrected chi connectivity index (χ1v) is 5.18. The molecule has 0 aliphatic heterocycles. The van der Waals surface area contributed by atoms with E-state index in [1.165, 1.54) is 12.0 Å². The van der Waals surface area contributed by atoms with Crippen molar-refractivity contribution < 1.29 is 14.3 Å². The summed E-state index contributed by atoms with van der Waals surface area (Å²) in [6.45, 7) is 3.75. The van der Waals surface area contributed by atoms with Crippen molar-refractivity contribution in [3.8, 4) is 0 Å². The van der Waals surface area contributed by atoms with E-state index in [1.807, 2.05) is 13.8 Å². The maximum Gasteiger partial charge on any atom is 0.325 e. The Morgan fingerprint density at radius 1 is 1.47 bits per heavy atom. The second-order valence-electron chi connectivity index (χ2n) is 4.02. The van der Waals surface area contributed by atoms with E-state index in [9.17, 15) is 9.59 Å². The van der Waals surface area contributed by atoms with E-state index in [-0.39, 0.29) is 18.6 Å². The van der Waals surface area contributed by atoms with Gasteiger partial charge in [0.15, 0.2) is 0 Å². The second kappa shape index (κ2) is 5.00. The zero-order valence-electron chi connectivity index (χ0n) is 9.45. The van der Waals surface area contributed by atoms with Gasteiger partial charge >= 0.3 is 12.0 Å². The Labute approximate surface area is 89.8 Å². The Bertz CT molecular complexity index is 249. The molecule has 0 aromatic heterocycles. The number of amides is 2. The first kappa shape index (κ1) is 11.8. The largest absolute Gasteiger partial charge is 0.468 e. The summed E-state index contributed by atoms with van der Waals surface area (Å²) < 4.78 is 4.54. The first-order chi connectivity index (χ1) is 7.04. The SMILES string of the molecule is COC(=O)CN(C(=O)NC1CC1)C(C)C. The minimum atomic E-state index is -0.394. The summed E-state index contributed by atoms with van der Waals surface area (Å²) in [5.41, 5.74) is 0. The molecule has 0 atom stereocenters. The molecular formula is C10H18N2O3. The summed E-state index contributed by atoms with van der Waals surface area (Å²) in [5, 5.41) is 2.84. The average molecular weight is 214 g/mol. The molecule has 15 heavy (non-hydrogen) atoms. The van der Waals surface area contributed by atoms with Crippen LogP contribution in [0.1, 0.15) is 26.7 Å². The highest BCUT2D eigenvalue weighted by atomic mass is 16.5. The number of rotatable bonds is 4. The predicted octanol–water partition coefficient (Wildman–Crippen LogP) is 0.742. The fraction of sp³-hybridized carbons (Fsp3) is 0.800. The number of urea groups is 1. The quantitative estimate of drug-likeness (QED) is 0.702. The van der Waals surface area contributed by atoms with Gasteiger partial charge in [-0.25, -0.2) is 4.79 Å². The van der Waals surface area contributed by atoms with Crippen LogP contribution in [0, 0.1) is 0 Å². The molecule has 0 bridgehead atoms. The molecule has 1 aliphatic rings. The van der Waals surface area contributed by atoms with Crippen LogP contribution in [0.5, 0.6) is 0 Å². The van der Waals surface area contributed by atoms with Crippen LogP contribution in [-0.2, 0) is 9.53 Å². The highest BCUT2D eigenvalue weighted by Crippen LogP contribution is 2.19. The number of nitrogens with one attached hydrogen (secondary N) is 1. The molecule has 1 N–H and O–H groups in total. The number of hydrogen-bond donors (Lipinski definition) is 1. The molecule has 0 unspecified atom stereocenters. The van der Waals surface area contributed by atoms with Gasteiger partial charge in [0.25, 0.3) is 0 Å². The van der Waals surface area contributed by atoms with Crippen molar-refractivity contribution in [2.24, 2.45) is 0 Å². The maximum absolute atomic E-state index is 11.7. The van der Waals surface area contributed by atoms with Crippen molar-refractivity contribution in [2.45, 2.75) is 38.8 Å². The fourth-order valence-corrected chi connectivity index (χ4v) is 1.18. The van der Waals surface area contributed by atoms with Crippen LogP contribution in [0.3, 0.4) is 0 Å². The van der Waals surface area contributed by atoms with Crippen molar-refractivity contribution in [2.75, 3.05) is 13.7 Å². The summed E-state index contributed by atoms with van der Waals surface area (Å²) in [5.74, 6) is -0.394. The lowest BCUT2D eigenvalue weighted by molar-refractivity contribution is -0.141. The van der Waals surface area contributed by atoms with Crippen molar-refractivity contribution >= 4 is 12.0 Å². The highest BCUT2D eigenvalue weighted by Gasteiger charge is 2.27. The van der Waals surface area contributed by atoms with Crippen LogP contribution < -0.4 is 5.32 Å². The zero-order valence-corrected chi connectivity index (χ0v) is 9.45. The van der Waals surface area contributed by atoms with Crippen LogP contribution >= 0.6 is 0 Å². The Balaban J connectivity index is 2.47. The lowest BCUT2D eigenvalue weighted by atomic mass is 10.3. The van der Waals surface area contributed by atoms with E-state index >= 15 is 0 Å². The zero-order chi connectivity index (χ0) is 11.4. The van der Waals surface area contributed by atoms with Crippen LogP contribution in [0.15, 0.2) is 0 Å². The number of esters is 1. The maximum atomic E-state index is 11.7. The second-order valence-corrected chi connectivity index (χ2v) is 4.02. The smallest absolute Gasteiger partial charge is 0.325 e. The third kappa shape index (κ3) is 3.77. The minimum Gasteiger partial charge on any atom is -0.468 e. The number of carbonyl (C=O) groups excluding carboxylic acids is 2. The number of nitrogens with zero attached hydrogens (tertiary/aromatic N) is 1. The predicted molar refractivity (Wildman–Crippen MR) is 55.4 cm³/mol. The lowest BCUT2D eigenvalue weighted by Crippen LogP contribution is -2.47. The van der Waals surface area contributed by atoms with Gasteiger partial charge in [-0.3, -0.25) is 4.79 Å². The summed E-state index contributed by atoms with van der Waals surface area (Å²) in [6.07, 6.45) is 2.08. The minimum absolute atomic E-state index is 0.00667. The number of carbonyl (C=O) groups is 2. The van der Waals surface area contributed by atoms with Crippen LogP contribution in [0.25, 0.3) is 0 Å². The molecule has 1 fully saturated rings. The van der Waals surface area contributed by atoms with Gasteiger partial charge in [-0.2, -0.15) is 0 Å². The van der Waals surface area contributed by atoms with Crippen molar-refractivity contribution in [1.82, 2.24) is 10.2 Å². The van der Waals surface area contributed by atoms with Crippen molar-refractivity contribution in [3.05, 3.63) is 0 Å². The van der Waals surface area contributed by atoms with Gasteiger partial charge in [0.05, 0.1) is 7.11 Å². The molecule has 1 aliphatic carbocycles. The fourth-order valence-electron chi connectivity index (χ4n) is 1.18. The lowest BCUT2D eigenvalue weighted by Gasteiger charge is -2.25. The molecule has 0 aromatic carbocycles. The number of hydrogen-bond acceptors (Lipinski definition) is 3. The molecule has 0 aromatic rings. The molecule has 0 radical (unpaired) electrons. The van der Waals surface area contributed by atoms with Gasteiger partial charge in [-0.1, -0.05) is 0 Å². The average Bonchev–Trinajstić information content (AvgIpc) is 2.96. The van der Waals surface area contributed by atoms with E-state index in [0.717, 1.165) is 12.8 Å². The topological polar surface area (TPSA) is 58.6 Å². The number of methoxy groups -OCH3 is 1. The summed E-state index contributed by atoms with van der Waals surface area (Å²) >= 11 is 0. The number of ether oxygens (including phenoxy) is 1. The van der Waals surface area contributed by atoms with Crippen LogP contribution in [-0.4, -0.2) is 42.6 Å². The Morgan fingerprint density at radius 3 is 2.47 bits per heavy atom. The van der Waals surface area contributed by atoms with E-state index < -0.39 is 5.97 Å². The van der Waals surface area contributed by atoms with Crippen LogP contribution in [0.2, 0.25) is 0 Å². The monoisotopic (exact) mass is 214 g/mol. The Kier molecular flexibility index (Phi) is 3.94. The van der Waals surface area contributed by atoms with E-state index in [1.54, 1.807) is 0 Å². The molecule has 5 heteroatoms. The van der Waals surface area contributed by atoms with Crippen molar-refractivity contribution in [1.29, 1.82) is 0 Å². The standard InChI is InChI=1S/C10H18N2O3/c1-7(2)12(6-9(13)15-3)10(14)11-8-4-5-8/h7-8H,4-6H2,1-3H3,(H,11,14). The van der Waals surface area contributed by atoms with E-state index in [4.69, 9.17) is 0 Å². The summed E-state index contributed by atoms with van der Waals surface area (Å²) in [4.78, 5) is 24.3. The van der Waals surface area contributed by atoms with E-state index in [0.29, 0.717) is 6.04 Å². The Hall–Kier alpha value is -1.26. The summed E-state index contributed by atoms with van der Waals surface area (Å²) in [7, 11) is 1.32. The molecule has 86 valence electrons. The molecule has 1 saturated carbocycles. The highest BCUT2D eigenvalue weighted by molar-refractivity contribution is 5.81. The molecule has 0 heterocycles. The first-order valence-electron chi connectivity index (χ1n) is 5.18. The molecule has 2 amide bonds. The van der Waals surface area contributed by atoms with Gasteiger partial charge in [0, 0.05) is 12.1 Å². The third-order valence-electron chi connectivity index (χ3n) is 2.32. The van der Waals surface area contributed by atoms with Gasteiger partial charge in [-0.15, -0.1) is 0 Å². The van der Waals surface area contributed by atoms with Gasteiger partial charge in [0.1, 0.15) is 6.54 Å². The molecule has 5 nitrogen and oxygen atoms in total. The van der Waals surface area contributed by atoms with Gasteiger partial charge in [0.2, 0.25) is 0 Å². The van der Waals surface area contributed by atoms with E-state index in [2.05, 4.69) is 10.1 Å².